The number of hydrogen-bond acceptors (Lipinski definition) is 1. The van der Waals surface area contributed by atoms with E-state index in [2.05, 4.69) is 21.2 Å². The first-order valence-corrected chi connectivity index (χ1v) is 5.74. The van der Waals surface area contributed by atoms with Crippen molar-refractivity contribution in [1.29, 1.82) is 0 Å². The summed E-state index contributed by atoms with van der Waals surface area (Å²) in [4.78, 5) is 11.2. The molecule has 1 aromatic rings. The van der Waals surface area contributed by atoms with Crippen LogP contribution in [-0.2, 0) is 4.79 Å². The Kier molecular flexibility index (Phi) is 4.54. The van der Waals surface area contributed by atoms with Crippen molar-refractivity contribution in [1.82, 2.24) is 0 Å². The van der Waals surface area contributed by atoms with E-state index in [1.807, 2.05) is 6.92 Å². The number of carbonyl (C=O) groups excluding carboxylic acids is 1. The predicted molar refractivity (Wildman–Crippen MR) is 63.0 cm³/mol. The molecule has 1 rings (SSSR count). The van der Waals surface area contributed by atoms with Crippen molar-refractivity contribution in [2.45, 2.75) is 18.2 Å². The SMILES string of the molecule is CCC(Br)C(=O)Nc1ccc(F)c(Cl)c1. The van der Waals surface area contributed by atoms with E-state index in [-0.39, 0.29) is 15.8 Å². The molecule has 0 heterocycles. The van der Waals surface area contributed by atoms with E-state index in [1.165, 1.54) is 18.2 Å². The lowest BCUT2D eigenvalue weighted by molar-refractivity contribution is -0.115. The third kappa shape index (κ3) is 3.47. The maximum Gasteiger partial charge on any atom is 0.238 e. The summed E-state index contributed by atoms with van der Waals surface area (Å²) in [6, 6.07) is 4.06. The summed E-state index contributed by atoms with van der Waals surface area (Å²) in [5.74, 6) is -0.666. The van der Waals surface area contributed by atoms with Crippen LogP contribution in [0.5, 0.6) is 0 Å². The van der Waals surface area contributed by atoms with Gasteiger partial charge in [0.25, 0.3) is 0 Å². The zero-order chi connectivity index (χ0) is 11.4. The first kappa shape index (κ1) is 12.5. The second kappa shape index (κ2) is 5.47. The van der Waals surface area contributed by atoms with Gasteiger partial charge in [0.15, 0.2) is 0 Å². The Labute approximate surface area is 101 Å². The molecule has 0 aliphatic carbocycles. The lowest BCUT2D eigenvalue weighted by Crippen LogP contribution is -2.21. The number of hydrogen-bond donors (Lipinski definition) is 1. The topological polar surface area (TPSA) is 29.1 Å². The fourth-order valence-corrected chi connectivity index (χ4v) is 1.27. The molecule has 15 heavy (non-hydrogen) atoms. The molecule has 0 bridgehead atoms. The average Bonchev–Trinajstić information content (AvgIpc) is 2.22. The van der Waals surface area contributed by atoms with E-state index in [4.69, 9.17) is 11.6 Å². The molecule has 1 atom stereocenters. The van der Waals surface area contributed by atoms with Crippen LogP contribution in [0.1, 0.15) is 13.3 Å². The summed E-state index contributed by atoms with van der Waals surface area (Å²) in [6.07, 6.45) is 0.681. The van der Waals surface area contributed by atoms with Crippen molar-refractivity contribution in [2.75, 3.05) is 5.32 Å². The van der Waals surface area contributed by atoms with Gasteiger partial charge in [0.2, 0.25) is 5.91 Å². The van der Waals surface area contributed by atoms with Crippen LogP contribution < -0.4 is 5.32 Å². The Morgan fingerprint density at radius 1 is 1.67 bits per heavy atom. The van der Waals surface area contributed by atoms with Gasteiger partial charge in [-0.2, -0.15) is 0 Å². The molecular weight excluding hydrogens is 284 g/mol. The molecule has 0 fully saturated rings. The van der Waals surface area contributed by atoms with Gasteiger partial charge in [0.05, 0.1) is 9.85 Å². The van der Waals surface area contributed by atoms with Crippen molar-refractivity contribution in [2.24, 2.45) is 0 Å². The van der Waals surface area contributed by atoms with Gasteiger partial charge in [-0.1, -0.05) is 34.5 Å². The lowest BCUT2D eigenvalue weighted by Gasteiger charge is -2.08. The molecule has 0 aliphatic heterocycles. The van der Waals surface area contributed by atoms with Gasteiger partial charge >= 0.3 is 0 Å². The summed E-state index contributed by atoms with van der Waals surface area (Å²) in [5, 5.41) is 2.62. The molecular formula is C10H10BrClFNO. The summed E-state index contributed by atoms with van der Waals surface area (Å²) in [5.41, 5.74) is 0.490. The van der Waals surface area contributed by atoms with Crippen LogP contribution in [0.15, 0.2) is 18.2 Å². The van der Waals surface area contributed by atoms with Gasteiger partial charge in [-0.05, 0) is 24.6 Å². The zero-order valence-electron chi connectivity index (χ0n) is 8.06. The molecule has 0 spiro atoms. The fourth-order valence-electron chi connectivity index (χ4n) is 0.980. The highest BCUT2D eigenvalue weighted by Crippen LogP contribution is 2.20. The van der Waals surface area contributed by atoms with Crippen LogP contribution in [0.3, 0.4) is 0 Å². The Balaban J connectivity index is 2.73. The van der Waals surface area contributed by atoms with Gasteiger partial charge in [0, 0.05) is 5.69 Å². The molecule has 0 saturated carbocycles. The number of rotatable bonds is 3. The maximum absolute atomic E-state index is 12.8. The van der Waals surface area contributed by atoms with Crippen molar-refractivity contribution < 1.29 is 9.18 Å². The third-order valence-electron chi connectivity index (χ3n) is 1.83. The number of benzene rings is 1. The number of amides is 1. The van der Waals surface area contributed by atoms with Crippen molar-refractivity contribution in [3.8, 4) is 0 Å². The molecule has 1 aromatic carbocycles. The maximum atomic E-state index is 12.8. The quantitative estimate of drug-likeness (QED) is 0.848. The Bertz CT molecular complexity index is 372. The molecule has 1 unspecified atom stereocenters. The summed E-state index contributed by atoms with van der Waals surface area (Å²) >= 11 is 8.79. The highest BCUT2D eigenvalue weighted by atomic mass is 79.9. The van der Waals surface area contributed by atoms with Crippen LogP contribution >= 0.6 is 27.5 Å². The van der Waals surface area contributed by atoms with E-state index in [1.54, 1.807) is 0 Å². The van der Waals surface area contributed by atoms with E-state index in [9.17, 15) is 9.18 Å². The molecule has 0 aromatic heterocycles. The monoisotopic (exact) mass is 293 g/mol. The van der Waals surface area contributed by atoms with Crippen LogP contribution in [0, 0.1) is 5.82 Å². The molecule has 82 valence electrons. The summed E-state index contributed by atoms with van der Waals surface area (Å²) in [6.45, 7) is 1.89. The Hall–Kier alpha value is -0.610. The first-order chi connectivity index (χ1) is 7.04. The second-order valence-corrected chi connectivity index (χ2v) is 4.51. The molecule has 1 amide bonds. The largest absolute Gasteiger partial charge is 0.325 e. The molecule has 1 N–H and O–H groups in total. The lowest BCUT2D eigenvalue weighted by atomic mass is 10.2. The van der Waals surface area contributed by atoms with Crippen molar-refractivity contribution >= 4 is 39.1 Å². The Morgan fingerprint density at radius 3 is 2.87 bits per heavy atom. The number of anilines is 1. The van der Waals surface area contributed by atoms with Crippen LogP contribution in [0.4, 0.5) is 10.1 Å². The summed E-state index contributed by atoms with van der Waals surface area (Å²) < 4.78 is 12.8. The van der Waals surface area contributed by atoms with E-state index >= 15 is 0 Å². The molecule has 0 aliphatic rings. The minimum absolute atomic E-state index is 0.00424. The van der Waals surface area contributed by atoms with Gasteiger partial charge in [-0.25, -0.2) is 4.39 Å². The standard InChI is InChI=1S/C10H10BrClFNO/c1-2-7(11)10(15)14-6-3-4-9(13)8(12)5-6/h3-5,7H,2H2,1H3,(H,14,15). The first-order valence-electron chi connectivity index (χ1n) is 4.44. The minimum Gasteiger partial charge on any atom is -0.325 e. The normalized spacial score (nSPS) is 12.3. The predicted octanol–water partition coefficient (Wildman–Crippen LogP) is 3.59. The minimum atomic E-state index is -0.499. The number of nitrogens with one attached hydrogen (secondary N) is 1. The fraction of sp³-hybridized carbons (Fsp3) is 0.300. The van der Waals surface area contributed by atoms with Gasteiger partial charge in [0.1, 0.15) is 5.82 Å². The van der Waals surface area contributed by atoms with Gasteiger partial charge in [-0.3, -0.25) is 4.79 Å². The molecule has 0 radical (unpaired) electrons. The third-order valence-corrected chi connectivity index (χ3v) is 3.18. The average molecular weight is 295 g/mol. The molecule has 0 saturated heterocycles. The van der Waals surface area contributed by atoms with E-state index in [0.29, 0.717) is 12.1 Å². The van der Waals surface area contributed by atoms with E-state index < -0.39 is 5.82 Å². The summed E-state index contributed by atoms with van der Waals surface area (Å²) in [7, 11) is 0. The number of halogens is 3. The second-order valence-electron chi connectivity index (χ2n) is 2.99. The number of carbonyl (C=O) groups is 1. The highest BCUT2D eigenvalue weighted by Gasteiger charge is 2.12. The van der Waals surface area contributed by atoms with Crippen molar-refractivity contribution in [3.05, 3.63) is 29.0 Å². The van der Waals surface area contributed by atoms with Gasteiger partial charge < -0.3 is 5.32 Å². The molecule has 2 nitrogen and oxygen atoms in total. The van der Waals surface area contributed by atoms with Crippen molar-refractivity contribution in [3.63, 3.8) is 0 Å². The zero-order valence-corrected chi connectivity index (χ0v) is 10.4. The highest BCUT2D eigenvalue weighted by molar-refractivity contribution is 9.10. The van der Waals surface area contributed by atoms with E-state index in [0.717, 1.165) is 0 Å². The van der Waals surface area contributed by atoms with Crippen LogP contribution in [0.25, 0.3) is 0 Å². The van der Waals surface area contributed by atoms with Gasteiger partial charge in [-0.15, -0.1) is 0 Å². The number of alkyl halides is 1. The smallest absolute Gasteiger partial charge is 0.238 e. The van der Waals surface area contributed by atoms with Crippen LogP contribution in [0.2, 0.25) is 5.02 Å². The van der Waals surface area contributed by atoms with Crippen LogP contribution in [-0.4, -0.2) is 10.7 Å². The molecule has 5 heteroatoms. The Morgan fingerprint density at radius 2 is 2.33 bits per heavy atom.